The fourth-order valence-corrected chi connectivity index (χ4v) is 3.89. The van der Waals surface area contributed by atoms with Crippen molar-refractivity contribution in [2.24, 2.45) is 0 Å². The number of carbonyl (C=O) groups excluding carboxylic acids is 3. The highest BCUT2D eigenvalue weighted by atomic mass is 32.2. The van der Waals surface area contributed by atoms with E-state index < -0.39 is 0 Å². The molecule has 0 saturated carbocycles. The minimum atomic E-state index is -0.254. The third-order valence-corrected chi connectivity index (χ3v) is 5.74. The lowest BCUT2D eigenvalue weighted by Gasteiger charge is -2.07. The van der Waals surface area contributed by atoms with Gasteiger partial charge in [0, 0.05) is 23.1 Å². The van der Waals surface area contributed by atoms with Gasteiger partial charge in [-0.15, -0.1) is 10.2 Å². The van der Waals surface area contributed by atoms with Crippen LogP contribution in [0.2, 0.25) is 0 Å². The van der Waals surface area contributed by atoms with E-state index in [1.54, 1.807) is 47.0 Å². The van der Waals surface area contributed by atoms with Crippen LogP contribution in [0, 0.1) is 6.92 Å². The Morgan fingerprint density at radius 1 is 0.909 bits per heavy atom. The Labute approximate surface area is 194 Å². The van der Waals surface area contributed by atoms with E-state index in [9.17, 15) is 14.4 Å². The summed E-state index contributed by atoms with van der Waals surface area (Å²) in [6, 6.07) is 17.7. The lowest BCUT2D eigenvalue weighted by molar-refractivity contribution is -0.113. The van der Waals surface area contributed by atoms with Crippen LogP contribution in [-0.4, -0.2) is 37.9 Å². The molecule has 2 heterocycles. The number of aryl methyl sites for hydroxylation is 1. The number of ketones is 1. The van der Waals surface area contributed by atoms with Crippen LogP contribution in [0.25, 0.3) is 5.65 Å². The van der Waals surface area contributed by atoms with Gasteiger partial charge in [-0.2, -0.15) is 0 Å². The zero-order valence-electron chi connectivity index (χ0n) is 18.0. The van der Waals surface area contributed by atoms with E-state index in [2.05, 4.69) is 20.8 Å². The second kappa shape index (κ2) is 9.66. The van der Waals surface area contributed by atoms with Gasteiger partial charge in [0.1, 0.15) is 0 Å². The van der Waals surface area contributed by atoms with Crippen molar-refractivity contribution in [1.29, 1.82) is 0 Å². The fourth-order valence-electron chi connectivity index (χ4n) is 3.17. The van der Waals surface area contributed by atoms with Gasteiger partial charge < -0.3 is 10.6 Å². The van der Waals surface area contributed by atoms with Crippen molar-refractivity contribution in [2.45, 2.75) is 19.0 Å². The first-order chi connectivity index (χ1) is 15.9. The molecule has 2 aromatic carbocycles. The monoisotopic (exact) mass is 459 g/mol. The predicted octanol–water partition coefficient (Wildman–Crippen LogP) is 4.22. The van der Waals surface area contributed by atoms with Crippen LogP contribution >= 0.6 is 11.8 Å². The molecule has 0 atom stereocenters. The molecular formula is C24H21N5O3S. The standard InChI is InChI=1S/C24H21N5O3S/c1-15-5-3-7-19(11-15)26-23(32)18-9-10-21-27-28-24(29(21)13-18)33-14-22(31)25-20-8-4-6-17(12-20)16(2)30/h3-13H,14H2,1-2H3,(H,25,31)(H,26,32). The summed E-state index contributed by atoms with van der Waals surface area (Å²) in [6.45, 7) is 3.43. The minimum absolute atomic E-state index is 0.0716. The zero-order valence-corrected chi connectivity index (χ0v) is 18.8. The number of benzene rings is 2. The number of Topliss-reactive ketones (excluding diaryl/α,β-unsaturated/α-hetero) is 1. The van der Waals surface area contributed by atoms with Crippen molar-refractivity contribution in [3.63, 3.8) is 0 Å². The number of amides is 2. The average molecular weight is 460 g/mol. The van der Waals surface area contributed by atoms with Gasteiger partial charge in [0.05, 0.1) is 11.3 Å². The van der Waals surface area contributed by atoms with E-state index >= 15 is 0 Å². The lowest BCUT2D eigenvalue weighted by atomic mass is 10.1. The maximum absolute atomic E-state index is 12.7. The lowest BCUT2D eigenvalue weighted by Crippen LogP contribution is -2.15. The van der Waals surface area contributed by atoms with E-state index in [-0.39, 0.29) is 23.4 Å². The first kappa shape index (κ1) is 22.2. The molecule has 0 unspecified atom stereocenters. The average Bonchev–Trinajstić information content (AvgIpc) is 3.20. The van der Waals surface area contributed by atoms with Gasteiger partial charge in [-0.3, -0.25) is 18.8 Å². The fraction of sp³-hybridized carbons (Fsp3) is 0.125. The second-order valence-corrected chi connectivity index (χ2v) is 8.37. The molecule has 2 aromatic heterocycles. The van der Waals surface area contributed by atoms with Crippen LogP contribution in [0.3, 0.4) is 0 Å². The van der Waals surface area contributed by atoms with Crippen molar-refractivity contribution in [3.05, 3.63) is 83.6 Å². The SMILES string of the molecule is CC(=O)c1cccc(NC(=O)CSc2nnc3ccc(C(=O)Nc4cccc(C)c4)cn23)c1. The molecule has 0 saturated heterocycles. The van der Waals surface area contributed by atoms with Gasteiger partial charge in [0.25, 0.3) is 5.91 Å². The number of rotatable bonds is 7. The van der Waals surface area contributed by atoms with E-state index in [1.807, 2.05) is 31.2 Å². The van der Waals surface area contributed by atoms with E-state index in [4.69, 9.17) is 0 Å². The number of hydrogen-bond donors (Lipinski definition) is 2. The van der Waals surface area contributed by atoms with Gasteiger partial charge in [-0.1, -0.05) is 36.0 Å². The second-order valence-electron chi connectivity index (χ2n) is 7.43. The molecule has 2 N–H and O–H groups in total. The summed E-state index contributed by atoms with van der Waals surface area (Å²) in [5.74, 6) is -0.483. The van der Waals surface area contributed by atoms with Crippen LogP contribution in [0.4, 0.5) is 11.4 Å². The Kier molecular flexibility index (Phi) is 6.50. The quantitative estimate of drug-likeness (QED) is 0.317. The molecular weight excluding hydrogens is 438 g/mol. The van der Waals surface area contributed by atoms with Crippen LogP contribution in [0.15, 0.2) is 72.0 Å². The van der Waals surface area contributed by atoms with E-state index in [1.165, 1.54) is 18.7 Å². The van der Waals surface area contributed by atoms with Gasteiger partial charge in [0.15, 0.2) is 16.6 Å². The summed E-state index contributed by atoms with van der Waals surface area (Å²) in [4.78, 5) is 36.6. The Bertz CT molecular complexity index is 1370. The van der Waals surface area contributed by atoms with Crippen molar-refractivity contribution in [2.75, 3.05) is 16.4 Å². The molecule has 4 rings (SSSR count). The molecule has 8 nitrogen and oxygen atoms in total. The largest absolute Gasteiger partial charge is 0.325 e. The maximum atomic E-state index is 12.7. The van der Waals surface area contributed by atoms with Crippen molar-refractivity contribution in [3.8, 4) is 0 Å². The number of aromatic nitrogens is 3. The van der Waals surface area contributed by atoms with E-state index in [0.29, 0.717) is 33.3 Å². The highest BCUT2D eigenvalue weighted by Crippen LogP contribution is 2.19. The van der Waals surface area contributed by atoms with Crippen LogP contribution < -0.4 is 10.6 Å². The van der Waals surface area contributed by atoms with E-state index in [0.717, 1.165) is 5.56 Å². The Morgan fingerprint density at radius 3 is 2.42 bits per heavy atom. The molecule has 0 aliphatic rings. The maximum Gasteiger partial charge on any atom is 0.257 e. The third-order valence-electron chi connectivity index (χ3n) is 4.79. The minimum Gasteiger partial charge on any atom is -0.325 e. The molecule has 0 bridgehead atoms. The predicted molar refractivity (Wildman–Crippen MR) is 128 cm³/mol. The first-order valence-electron chi connectivity index (χ1n) is 10.2. The molecule has 0 aliphatic carbocycles. The summed E-state index contributed by atoms with van der Waals surface area (Å²) in [7, 11) is 0. The van der Waals surface area contributed by atoms with Crippen LogP contribution in [0.1, 0.15) is 33.2 Å². The molecule has 166 valence electrons. The van der Waals surface area contributed by atoms with Gasteiger partial charge in [0.2, 0.25) is 5.91 Å². The summed E-state index contributed by atoms with van der Waals surface area (Å²) >= 11 is 1.20. The molecule has 9 heteroatoms. The summed E-state index contributed by atoms with van der Waals surface area (Å²) in [5.41, 5.74) is 3.85. The topological polar surface area (TPSA) is 105 Å². The van der Waals surface area contributed by atoms with Crippen LogP contribution in [-0.2, 0) is 4.79 Å². The summed E-state index contributed by atoms with van der Waals surface area (Å²) < 4.78 is 1.68. The molecule has 33 heavy (non-hydrogen) atoms. The normalized spacial score (nSPS) is 10.7. The number of nitrogens with one attached hydrogen (secondary N) is 2. The molecule has 0 spiro atoms. The number of carbonyl (C=O) groups is 3. The highest BCUT2D eigenvalue weighted by molar-refractivity contribution is 7.99. The molecule has 2 amide bonds. The van der Waals surface area contributed by atoms with Gasteiger partial charge >= 0.3 is 0 Å². The number of nitrogens with zero attached hydrogens (tertiary/aromatic N) is 3. The smallest absolute Gasteiger partial charge is 0.257 e. The van der Waals surface area contributed by atoms with Crippen molar-refractivity contribution < 1.29 is 14.4 Å². The third kappa shape index (κ3) is 5.45. The molecule has 0 aliphatic heterocycles. The van der Waals surface area contributed by atoms with Crippen molar-refractivity contribution in [1.82, 2.24) is 14.6 Å². The number of anilines is 2. The molecule has 4 aromatic rings. The molecule has 0 fully saturated rings. The molecule has 0 radical (unpaired) electrons. The zero-order chi connectivity index (χ0) is 23.4. The summed E-state index contributed by atoms with van der Waals surface area (Å²) in [5, 5.41) is 14.4. The Balaban J connectivity index is 1.44. The summed E-state index contributed by atoms with van der Waals surface area (Å²) in [6.07, 6.45) is 1.65. The number of thioether (sulfide) groups is 1. The van der Waals surface area contributed by atoms with Crippen molar-refractivity contribution >= 4 is 46.4 Å². The number of pyridine rings is 1. The highest BCUT2D eigenvalue weighted by Gasteiger charge is 2.13. The first-order valence-corrected chi connectivity index (χ1v) is 11.1. The van der Waals surface area contributed by atoms with Gasteiger partial charge in [-0.25, -0.2) is 0 Å². The van der Waals surface area contributed by atoms with Gasteiger partial charge in [-0.05, 0) is 55.8 Å². The Hall–Kier alpha value is -3.98. The number of hydrogen-bond acceptors (Lipinski definition) is 6. The van der Waals surface area contributed by atoms with Crippen LogP contribution in [0.5, 0.6) is 0 Å². The number of fused-ring (bicyclic) bond motifs is 1. The Morgan fingerprint density at radius 2 is 1.67 bits per heavy atom.